The quantitative estimate of drug-likeness (QED) is 0.783. The number of sulfone groups is 1. The molecule has 24 heavy (non-hydrogen) atoms. The maximum absolute atomic E-state index is 12.8. The van der Waals surface area contributed by atoms with Crippen LogP contribution in [0.2, 0.25) is 0 Å². The molecule has 0 bridgehead atoms. The molecule has 0 saturated carbocycles. The van der Waals surface area contributed by atoms with Gasteiger partial charge in [0.1, 0.15) is 11.6 Å². The third kappa shape index (κ3) is 5.19. The van der Waals surface area contributed by atoms with Crippen LogP contribution in [0.25, 0.3) is 0 Å². The van der Waals surface area contributed by atoms with Crippen molar-refractivity contribution in [3.05, 3.63) is 30.1 Å². The van der Waals surface area contributed by atoms with Crippen LogP contribution in [0.4, 0.5) is 4.39 Å². The van der Waals surface area contributed by atoms with Gasteiger partial charge in [0.2, 0.25) is 0 Å². The predicted molar refractivity (Wildman–Crippen MR) is 90.1 cm³/mol. The second kappa shape index (κ2) is 7.96. The van der Waals surface area contributed by atoms with Crippen molar-refractivity contribution in [2.75, 3.05) is 25.4 Å². The molecule has 0 atom stereocenters. The summed E-state index contributed by atoms with van der Waals surface area (Å²) in [5.41, 5.74) is 0. The van der Waals surface area contributed by atoms with Crippen molar-refractivity contribution in [3.8, 4) is 5.75 Å². The fourth-order valence-electron chi connectivity index (χ4n) is 2.83. The number of halogens is 1. The first-order valence-electron chi connectivity index (χ1n) is 8.15. The molecule has 0 aliphatic carbocycles. The van der Waals surface area contributed by atoms with Crippen molar-refractivity contribution in [1.29, 1.82) is 0 Å². The molecule has 1 saturated heterocycles. The Hall–Kier alpha value is -1.63. The zero-order valence-electron chi connectivity index (χ0n) is 14.1. The fourth-order valence-corrected chi connectivity index (χ4v) is 4.96. The maximum Gasteiger partial charge on any atom is 0.260 e. The summed E-state index contributed by atoms with van der Waals surface area (Å²) in [6.45, 7) is 4.50. The minimum atomic E-state index is -3.10. The van der Waals surface area contributed by atoms with E-state index < -0.39 is 9.84 Å². The number of nitrogens with zero attached hydrogens (tertiary/aromatic N) is 1. The van der Waals surface area contributed by atoms with Gasteiger partial charge in [0.05, 0.1) is 11.0 Å². The summed E-state index contributed by atoms with van der Waals surface area (Å²) in [5, 5.41) is -0.359. The molecule has 1 aromatic rings. The average Bonchev–Trinajstić information content (AvgIpc) is 2.53. The third-order valence-corrected chi connectivity index (χ3v) is 6.66. The molecular formula is C17H24FNO4S. The smallest absolute Gasteiger partial charge is 0.260 e. The molecule has 1 aliphatic heterocycles. The van der Waals surface area contributed by atoms with Gasteiger partial charge in [0.25, 0.3) is 5.91 Å². The first-order chi connectivity index (χ1) is 11.3. The van der Waals surface area contributed by atoms with E-state index in [1.54, 1.807) is 4.90 Å². The van der Waals surface area contributed by atoms with Crippen molar-refractivity contribution in [1.82, 2.24) is 4.90 Å². The van der Waals surface area contributed by atoms with Crippen LogP contribution >= 0.6 is 0 Å². The Morgan fingerprint density at radius 2 is 1.83 bits per heavy atom. The maximum atomic E-state index is 12.8. The normalized spacial score (nSPS) is 16.4. The van der Waals surface area contributed by atoms with Gasteiger partial charge in [-0.3, -0.25) is 4.79 Å². The number of ether oxygens (including phenoxy) is 1. The molecule has 5 nitrogen and oxygen atoms in total. The monoisotopic (exact) mass is 357 g/mol. The van der Waals surface area contributed by atoms with Gasteiger partial charge >= 0.3 is 0 Å². The number of carbonyl (C=O) groups is 1. The van der Waals surface area contributed by atoms with Gasteiger partial charge < -0.3 is 9.64 Å². The molecule has 134 valence electrons. The van der Waals surface area contributed by atoms with E-state index >= 15 is 0 Å². The van der Waals surface area contributed by atoms with Crippen molar-refractivity contribution < 1.29 is 22.3 Å². The van der Waals surface area contributed by atoms with E-state index in [1.165, 1.54) is 24.3 Å². The van der Waals surface area contributed by atoms with E-state index in [1.807, 2.05) is 13.8 Å². The minimum absolute atomic E-state index is 0.110. The molecule has 1 aliphatic rings. The van der Waals surface area contributed by atoms with E-state index in [2.05, 4.69) is 0 Å². The second-order valence-corrected chi connectivity index (χ2v) is 8.87. The molecule has 1 amide bonds. The highest BCUT2D eigenvalue weighted by atomic mass is 32.2. The van der Waals surface area contributed by atoms with Gasteiger partial charge in [-0.1, -0.05) is 13.8 Å². The summed E-state index contributed by atoms with van der Waals surface area (Å²) in [5.74, 6) is 0.189. The molecule has 0 unspecified atom stereocenters. The Morgan fingerprint density at radius 3 is 2.38 bits per heavy atom. The Bertz CT molecular complexity index is 650. The number of hydrogen-bond donors (Lipinski definition) is 0. The van der Waals surface area contributed by atoms with Crippen molar-refractivity contribution in [2.45, 2.75) is 31.9 Å². The highest BCUT2D eigenvalue weighted by molar-refractivity contribution is 7.92. The molecular weight excluding hydrogens is 333 g/mol. The standard InChI is InChI=1S/C17H24FNO4S/c1-13(2)12-24(21,22)16-7-9-19(10-8-16)17(20)11-23-15-5-3-14(18)4-6-15/h3-6,13,16H,7-12H2,1-2H3. The van der Waals surface area contributed by atoms with Crippen LogP contribution < -0.4 is 4.74 Å². The Kier molecular flexibility index (Phi) is 6.21. The second-order valence-electron chi connectivity index (χ2n) is 6.55. The zero-order valence-corrected chi connectivity index (χ0v) is 14.9. The third-order valence-electron chi connectivity index (χ3n) is 4.04. The number of amides is 1. The van der Waals surface area contributed by atoms with Crippen LogP contribution in [-0.2, 0) is 14.6 Å². The largest absolute Gasteiger partial charge is 0.484 e. The number of carbonyl (C=O) groups excluding carboxylic acids is 1. The number of piperidine rings is 1. The van der Waals surface area contributed by atoms with Crippen molar-refractivity contribution in [2.24, 2.45) is 5.92 Å². The Labute approximate surface area is 142 Å². The van der Waals surface area contributed by atoms with Gasteiger partial charge in [-0.2, -0.15) is 0 Å². The first-order valence-corrected chi connectivity index (χ1v) is 9.87. The number of rotatable bonds is 6. The van der Waals surface area contributed by atoms with E-state index in [4.69, 9.17) is 4.74 Å². The fraction of sp³-hybridized carbons (Fsp3) is 0.588. The first kappa shape index (κ1) is 18.7. The molecule has 2 rings (SSSR count). The number of hydrogen-bond acceptors (Lipinski definition) is 4. The Morgan fingerprint density at radius 1 is 1.25 bits per heavy atom. The summed E-state index contributed by atoms with van der Waals surface area (Å²) >= 11 is 0. The highest BCUT2D eigenvalue weighted by Crippen LogP contribution is 2.20. The lowest BCUT2D eigenvalue weighted by molar-refractivity contribution is -0.134. The highest BCUT2D eigenvalue weighted by Gasteiger charge is 2.31. The molecule has 1 fully saturated rings. The molecule has 1 heterocycles. The van der Waals surface area contributed by atoms with Crippen LogP contribution in [0.15, 0.2) is 24.3 Å². The topological polar surface area (TPSA) is 63.7 Å². The number of likely N-dealkylation sites (tertiary alicyclic amines) is 1. The van der Waals surface area contributed by atoms with E-state index in [9.17, 15) is 17.6 Å². The van der Waals surface area contributed by atoms with Crippen LogP contribution in [0.5, 0.6) is 5.75 Å². The van der Waals surface area contributed by atoms with E-state index in [0.29, 0.717) is 31.7 Å². The predicted octanol–water partition coefficient (Wildman–Crippen LogP) is 2.27. The number of benzene rings is 1. The van der Waals surface area contributed by atoms with Gasteiger partial charge in [0, 0.05) is 13.1 Å². The molecule has 0 spiro atoms. The summed E-state index contributed by atoms with van der Waals surface area (Å²) in [6.07, 6.45) is 0.939. The van der Waals surface area contributed by atoms with Crippen LogP contribution in [0, 0.1) is 11.7 Å². The van der Waals surface area contributed by atoms with Gasteiger partial charge in [-0.05, 0) is 43.0 Å². The van der Waals surface area contributed by atoms with Gasteiger partial charge in [-0.15, -0.1) is 0 Å². The lowest BCUT2D eigenvalue weighted by Gasteiger charge is -2.32. The van der Waals surface area contributed by atoms with Crippen LogP contribution in [-0.4, -0.2) is 49.9 Å². The summed E-state index contributed by atoms with van der Waals surface area (Å²) < 4.78 is 42.7. The van der Waals surface area contributed by atoms with Gasteiger partial charge in [0.15, 0.2) is 16.4 Å². The van der Waals surface area contributed by atoms with Gasteiger partial charge in [-0.25, -0.2) is 12.8 Å². The summed E-state index contributed by atoms with van der Waals surface area (Å²) in [6, 6.07) is 5.47. The van der Waals surface area contributed by atoms with Crippen molar-refractivity contribution >= 4 is 15.7 Å². The molecule has 0 N–H and O–H groups in total. The van der Waals surface area contributed by atoms with Crippen LogP contribution in [0.1, 0.15) is 26.7 Å². The summed E-state index contributed by atoms with van der Waals surface area (Å²) in [7, 11) is -3.10. The molecule has 1 aromatic carbocycles. The average molecular weight is 357 g/mol. The van der Waals surface area contributed by atoms with E-state index in [-0.39, 0.29) is 35.3 Å². The zero-order chi connectivity index (χ0) is 17.7. The Balaban J connectivity index is 1.81. The van der Waals surface area contributed by atoms with Crippen LogP contribution in [0.3, 0.4) is 0 Å². The van der Waals surface area contributed by atoms with E-state index in [0.717, 1.165) is 0 Å². The molecule has 0 radical (unpaired) electrons. The summed E-state index contributed by atoms with van der Waals surface area (Å²) in [4.78, 5) is 13.8. The molecule has 7 heteroatoms. The lowest BCUT2D eigenvalue weighted by Crippen LogP contribution is -2.45. The minimum Gasteiger partial charge on any atom is -0.484 e. The SMILES string of the molecule is CC(C)CS(=O)(=O)C1CCN(C(=O)COc2ccc(F)cc2)CC1. The molecule has 0 aromatic heterocycles. The lowest BCUT2D eigenvalue weighted by atomic mass is 10.1. The van der Waals surface area contributed by atoms with Crippen molar-refractivity contribution in [3.63, 3.8) is 0 Å².